The molecule has 0 unspecified atom stereocenters. The van der Waals surface area contributed by atoms with Crippen LogP contribution in [0.5, 0.6) is 0 Å². The fourth-order valence-electron chi connectivity index (χ4n) is 4.58. The fraction of sp³-hybridized carbons (Fsp3) is 0.450. The lowest BCUT2D eigenvalue weighted by Gasteiger charge is -2.34. The zero-order valence-electron chi connectivity index (χ0n) is 15.0. The van der Waals surface area contributed by atoms with Crippen LogP contribution in [0.1, 0.15) is 48.2 Å². The van der Waals surface area contributed by atoms with Gasteiger partial charge in [-0.15, -0.1) is 0 Å². The van der Waals surface area contributed by atoms with Crippen LogP contribution in [0.3, 0.4) is 0 Å². The third-order valence-electron chi connectivity index (χ3n) is 5.73. The van der Waals surface area contributed by atoms with Gasteiger partial charge < -0.3 is 9.80 Å². The van der Waals surface area contributed by atoms with Gasteiger partial charge >= 0.3 is 0 Å². The maximum absolute atomic E-state index is 13.1. The van der Waals surface area contributed by atoms with E-state index >= 15 is 0 Å². The van der Waals surface area contributed by atoms with E-state index in [4.69, 9.17) is 0 Å². The van der Waals surface area contributed by atoms with Crippen LogP contribution in [0.4, 0.5) is 0 Å². The molecule has 2 amide bonds. The topological polar surface area (TPSA) is 69.3 Å². The molecule has 1 aromatic heterocycles. The number of fused-ring (bicyclic) bond motifs is 1. The zero-order valence-corrected chi connectivity index (χ0v) is 15.0. The molecule has 2 fully saturated rings. The Morgan fingerprint density at radius 1 is 1.12 bits per heavy atom. The lowest BCUT2D eigenvalue weighted by molar-refractivity contribution is -0.131. The van der Waals surface area contributed by atoms with Gasteiger partial charge in [-0.3, -0.25) is 14.7 Å². The van der Waals surface area contributed by atoms with Gasteiger partial charge in [-0.05, 0) is 30.9 Å². The van der Waals surface area contributed by atoms with E-state index in [0.29, 0.717) is 12.2 Å². The monoisotopic (exact) mass is 352 g/mol. The van der Waals surface area contributed by atoms with Gasteiger partial charge in [0.1, 0.15) is 5.69 Å². The molecule has 0 aliphatic carbocycles. The van der Waals surface area contributed by atoms with E-state index in [1.165, 1.54) is 5.56 Å². The van der Waals surface area contributed by atoms with Crippen molar-refractivity contribution in [2.45, 2.75) is 44.2 Å². The number of aromatic nitrogens is 2. The molecule has 6 nitrogen and oxygen atoms in total. The van der Waals surface area contributed by atoms with Crippen LogP contribution in [0.15, 0.2) is 42.6 Å². The standard InChI is InChI=1S/C20H24N4O2/c1-14(25)23-12-6-5-9-18-19(23)16(15-7-3-2-4-8-15)13-24(18)20(26)17-10-11-21-22-17/h2-4,7-8,10-11,16,18-19H,5-6,9,12-13H2,1H3,(H,21,22)/t16-,18-,19-/m0/s1. The van der Waals surface area contributed by atoms with Crippen molar-refractivity contribution in [2.24, 2.45) is 0 Å². The Labute approximate surface area is 153 Å². The minimum atomic E-state index is -0.0265. The molecule has 136 valence electrons. The van der Waals surface area contributed by atoms with Gasteiger partial charge in [-0.25, -0.2) is 0 Å². The van der Waals surface area contributed by atoms with E-state index in [9.17, 15) is 9.59 Å². The number of carbonyl (C=O) groups is 2. The van der Waals surface area contributed by atoms with Crippen molar-refractivity contribution >= 4 is 11.8 Å². The van der Waals surface area contributed by atoms with Crippen molar-refractivity contribution in [3.05, 3.63) is 53.9 Å². The van der Waals surface area contributed by atoms with Crippen molar-refractivity contribution < 1.29 is 9.59 Å². The summed E-state index contributed by atoms with van der Waals surface area (Å²) in [6.45, 7) is 3.04. The number of H-pyrrole nitrogens is 1. The number of nitrogens with one attached hydrogen (secondary N) is 1. The molecule has 0 spiro atoms. The molecule has 2 aliphatic heterocycles. The van der Waals surface area contributed by atoms with Crippen LogP contribution < -0.4 is 0 Å². The molecule has 0 radical (unpaired) electrons. The number of rotatable bonds is 2. The molecule has 0 bridgehead atoms. The Kier molecular flexibility index (Phi) is 4.49. The Morgan fingerprint density at radius 3 is 2.62 bits per heavy atom. The minimum absolute atomic E-state index is 0.0265. The van der Waals surface area contributed by atoms with Crippen LogP contribution in [-0.4, -0.2) is 57.0 Å². The smallest absolute Gasteiger partial charge is 0.272 e. The molecular formula is C20H24N4O2. The normalized spacial score (nSPS) is 25.7. The quantitative estimate of drug-likeness (QED) is 0.902. The molecule has 2 aromatic rings. The predicted molar refractivity (Wildman–Crippen MR) is 97.6 cm³/mol. The van der Waals surface area contributed by atoms with Gasteiger partial charge in [-0.1, -0.05) is 30.3 Å². The predicted octanol–water partition coefficient (Wildman–Crippen LogP) is 2.42. The molecule has 3 heterocycles. The van der Waals surface area contributed by atoms with Crippen molar-refractivity contribution in [1.82, 2.24) is 20.0 Å². The second kappa shape index (κ2) is 6.94. The van der Waals surface area contributed by atoms with E-state index in [0.717, 1.165) is 25.8 Å². The molecule has 0 saturated carbocycles. The molecule has 1 aromatic carbocycles. The van der Waals surface area contributed by atoms with Gasteiger partial charge in [0, 0.05) is 32.1 Å². The highest BCUT2D eigenvalue weighted by Crippen LogP contribution is 2.40. The molecule has 6 heteroatoms. The highest BCUT2D eigenvalue weighted by molar-refractivity contribution is 5.93. The summed E-state index contributed by atoms with van der Waals surface area (Å²) >= 11 is 0. The maximum Gasteiger partial charge on any atom is 0.272 e. The third kappa shape index (κ3) is 2.89. The first-order valence-electron chi connectivity index (χ1n) is 9.29. The molecule has 3 atom stereocenters. The van der Waals surface area contributed by atoms with Gasteiger partial charge in [0.25, 0.3) is 5.91 Å². The lowest BCUT2D eigenvalue weighted by Crippen LogP contribution is -2.48. The Hall–Kier alpha value is -2.63. The maximum atomic E-state index is 13.1. The summed E-state index contributed by atoms with van der Waals surface area (Å²) in [6.07, 6.45) is 4.54. The number of benzene rings is 1. The van der Waals surface area contributed by atoms with Crippen molar-refractivity contribution in [3.63, 3.8) is 0 Å². The van der Waals surface area contributed by atoms with Crippen molar-refractivity contribution in [2.75, 3.05) is 13.1 Å². The van der Waals surface area contributed by atoms with E-state index in [1.807, 2.05) is 28.0 Å². The van der Waals surface area contributed by atoms with E-state index in [2.05, 4.69) is 22.3 Å². The average molecular weight is 352 g/mol. The van der Waals surface area contributed by atoms with Gasteiger partial charge in [0.15, 0.2) is 0 Å². The third-order valence-corrected chi connectivity index (χ3v) is 5.73. The summed E-state index contributed by atoms with van der Waals surface area (Å²) in [7, 11) is 0. The SMILES string of the molecule is CC(=O)N1CCCC[C@H]2[C@@H]1[C@H](c1ccccc1)CN2C(=O)c1ccn[nH]1. The highest BCUT2D eigenvalue weighted by Gasteiger charge is 2.48. The lowest BCUT2D eigenvalue weighted by atomic mass is 9.89. The number of amides is 2. The molecule has 1 N–H and O–H groups in total. The number of hydrogen-bond donors (Lipinski definition) is 1. The van der Waals surface area contributed by atoms with E-state index in [1.54, 1.807) is 19.2 Å². The van der Waals surface area contributed by atoms with Crippen molar-refractivity contribution in [1.29, 1.82) is 0 Å². The minimum Gasteiger partial charge on any atom is -0.337 e. The molecule has 2 saturated heterocycles. The largest absolute Gasteiger partial charge is 0.337 e. The Bertz CT molecular complexity index is 774. The van der Waals surface area contributed by atoms with Crippen LogP contribution in [0, 0.1) is 0 Å². The number of carbonyl (C=O) groups excluding carboxylic acids is 2. The Balaban J connectivity index is 1.74. The molecular weight excluding hydrogens is 328 g/mol. The van der Waals surface area contributed by atoms with Crippen LogP contribution in [0.25, 0.3) is 0 Å². The van der Waals surface area contributed by atoms with E-state index in [-0.39, 0.29) is 29.8 Å². The van der Waals surface area contributed by atoms with E-state index < -0.39 is 0 Å². The van der Waals surface area contributed by atoms with Gasteiger partial charge in [0.2, 0.25) is 5.91 Å². The summed E-state index contributed by atoms with van der Waals surface area (Å²) in [5, 5.41) is 6.71. The first kappa shape index (κ1) is 16.8. The number of aromatic amines is 1. The number of likely N-dealkylation sites (tertiary alicyclic amines) is 2. The van der Waals surface area contributed by atoms with Gasteiger partial charge in [-0.2, -0.15) is 5.10 Å². The van der Waals surface area contributed by atoms with Crippen molar-refractivity contribution in [3.8, 4) is 0 Å². The molecule has 26 heavy (non-hydrogen) atoms. The molecule has 4 rings (SSSR count). The average Bonchev–Trinajstić information content (AvgIpc) is 3.26. The summed E-state index contributed by atoms with van der Waals surface area (Å²) in [5.41, 5.74) is 1.70. The number of hydrogen-bond acceptors (Lipinski definition) is 3. The molecule has 2 aliphatic rings. The number of nitrogens with zero attached hydrogens (tertiary/aromatic N) is 3. The fourth-order valence-corrected chi connectivity index (χ4v) is 4.58. The summed E-state index contributed by atoms with van der Waals surface area (Å²) in [6, 6.07) is 12.1. The highest BCUT2D eigenvalue weighted by atomic mass is 16.2. The first-order valence-corrected chi connectivity index (χ1v) is 9.29. The van der Waals surface area contributed by atoms with Gasteiger partial charge in [0.05, 0.1) is 12.1 Å². The van der Waals surface area contributed by atoms with Crippen LogP contribution in [-0.2, 0) is 4.79 Å². The first-order chi connectivity index (χ1) is 12.7. The second-order valence-electron chi connectivity index (χ2n) is 7.21. The summed E-state index contributed by atoms with van der Waals surface area (Å²) in [4.78, 5) is 29.4. The Morgan fingerprint density at radius 2 is 1.92 bits per heavy atom. The summed E-state index contributed by atoms with van der Waals surface area (Å²) < 4.78 is 0. The van der Waals surface area contributed by atoms with Crippen LogP contribution in [0.2, 0.25) is 0 Å². The zero-order chi connectivity index (χ0) is 18.1. The van der Waals surface area contributed by atoms with Crippen LogP contribution >= 0.6 is 0 Å². The summed E-state index contributed by atoms with van der Waals surface area (Å²) in [5.74, 6) is 0.204. The second-order valence-corrected chi connectivity index (χ2v) is 7.21.